The summed E-state index contributed by atoms with van der Waals surface area (Å²) in [4.78, 5) is 26.3. The smallest absolute Gasteiger partial charge is 0.398 e. The van der Waals surface area contributed by atoms with Crippen LogP contribution in [-0.2, 0) is 9.05 Å². The van der Waals surface area contributed by atoms with Crippen molar-refractivity contribution in [2.24, 2.45) is 5.73 Å². The van der Waals surface area contributed by atoms with Gasteiger partial charge >= 0.3 is 8.60 Å². The maximum atomic E-state index is 12.6. The third-order valence-corrected chi connectivity index (χ3v) is 5.04. The fourth-order valence-electron chi connectivity index (χ4n) is 2.84. The average Bonchev–Trinajstić information content (AvgIpc) is 2.64. The van der Waals surface area contributed by atoms with Crippen LogP contribution in [-0.4, -0.2) is 48.3 Å². The second kappa shape index (κ2) is 8.07. The summed E-state index contributed by atoms with van der Waals surface area (Å²) >= 11 is 0. The number of aliphatic hydroxyl groups is 1. The van der Waals surface area contributed by atoms with Gasteiger partial charge in [0.2, 0.25) is 0 Å². The summed E-state index contributed by atoms with van der Waals surface area (Å²) in [5.74, 6) is -0.441. The molecule has 0 spiro atoms. The van der Waals surface area contributed by atoms with Gasteiger partial charge in [0, 0.05) is 21.9 Å². The summed E-state index contributed by atoms with van der Waals surface area (Å²) in [6.45, 7) is 1.80. The van der Waals surface area contributed by atoms with Gasteiger partial charge in [-0.05, 0) is 25.1 Å². The summed E-state index contributed by atoms with van der Waals surface area (Å²) in [6, 6.07) is 8.37. The molecule has 0 bridgehead atoms. The molecule has 1 unspecified atom stereocenters. The molecule has 2 aromatic carbocycles. The molecule has 9 heteroatoms. The number of imide groups is 1. The Morgan fingerprint density at radius 3 is 2.50 bits per heavy atom. The highest BCUT2D eigenvalue weighted by Crippen LogP contribution is 2.44. The van der Waals surface area contributed by atoms with Crippen LogP contribution in [0.3, 0.4) is 0 Å². The number of aliphatic hydroxyl groups excluding tert-OH is 1. The van der Waals surface area contributed by atoms with Crippen molar-refractivity contribution < 1.29 is 28.3 Å². The van der Waals surface area contributed by atoms with Gasteiger partial charge in [-0.3, -0.25) is 19.0 Å². The number of carbonyl (C=O) groups excluding carboxylic acids is 2. The summed E-state index contributed by atoms with van der Waals surface area (Å²) in [6.07, 6.45) is 0. The molecule has 1 atom stereocenters. The van der Waals surface area contributed by atoms with Crippen molar-refractivity contribution in [2.45, 2.75) is 6.92 Å². The Morgan fingerprint density at radius 1 is 1.12 bits per heavy atom. The standard InChI is InChI=1S/C17H19N2O6P/c1-2-23-26(24-10-18)25-14-7-6-13-15-11(14)4-3-5-12(15)16(21)19(8-9-20)17(13)22/h3-7,20H,2,8-10,18H2,1H3. The lowest BCUT2D eigenvalue weighted by Crippen LogP contribution is -2.41. The van der Waals surface area contributed by atoms with Crippen LogP contribution in [0, 0.1) is 0 Å². The first kappa shape index (κ1) is 18.7. The van der Waals surface area contributed by atoms with Gasteiger partial charge < -0.3 is 19.9 Å². The molecular formula is C17H19N2O6P. The second-order valence-electron chi connectivity index (χ2n) is 5.35. The quantitative estimate of drug-likeness (QED) is 0.411. The maximum absolute atomic E-state index is 12.6. The molecule has 1 heterocycles. The van der Waals surface area contributed by atoms with Crippen molar-refractivity contribution >= 4 is 31.2 Å². The predicted octanol–water partition coefficient (Wildman–Crippen LogP) is 2.00. The first-order valence-corrected chi connectivity index (χ1v) is 9.18. The molecule has 0 saturated heterocycles. The number of nitrogens with zero attached hydrogens (tertiary/aromatic N) is 1. The van der Waals surface area contributed by atoms with Crippen molar-refractivity contribution in [2.75, 3.05) is 26.5 Å². The highest BCUT2D eigenvalue weighted by atomic mass is 31.2. The van der Waals surface area contributed by atoms with E-state index in [0.717, 1.165) is 4.90 Å². The number of nitrogens with two attached hydrogens (primary N) is 1. The number of rotatable bonds is 8. The van der Waals surface area contributed by atoms with E-state index in [4.69, 9.17) is 24.4 Å². The fraction of sp³-hybridized carbons (Fsp3) is 0.294. The molecule has 8 nitrogen and oxygen atoms in total. The number of hydrogen-bond acceptors (Lipinski definition) is 7. The minimum atomic E-state index is -1.69. The van der Waals surface area contributed by atoms with Crippen LogP contribution in [0.5, 0.6) is 5.75 Å². The van der Waals surface area contributed by atoms with Gasteiger partial charge in [-0.15, -0.1) is 0 Å². The van der Waals surface area contributed by atoms with E-state index in [2.05, 4.69) is 0 Å². The normalized spacial score (nSPS) is 14.8. The van der Waals surface area contributed by atoms with E-state index in [-0.39, 0.29) is 19.9 Å². The van der Waals surface area contributed by atoms with Crippen molar-refractivity contribution in [1.82, 2.24) is 4.90 Å². The van der Waals surface area contributed by atoms with Gasteiger partial charge in [0.1, 0.15) is 12.5 Å². The lowest BCUT2D eigenvalue weighted by atomic mass is 9.93. The van der Waals surface area contributed by atoms with Crippen LogP contribution in [0.25, 0.3) is 10.8 Å². The third-order valence-electron chi connectivity index (χ3n) is 3.86. The topological polar surface area (TPSA) is 111 Å². The molecule has 3 rings (SSSR count). The minimum absolute atomic E-state index is 0.0499. The van der Waals surface area contributed by atoms with Crippen LogP contribution >= 0.6 is 8.60 Å². The predicted molar refractivity (Wildman–Crippen MR) is 95.7 cm³/mol. The van der Waals surface area contributed by atoms with E-state index in [1.807, 2.05) is 6.92 Å². The van der Waals surface area contributed by atoms with Crippen molar-refractivity contribution in [3.05, 3.63) is 41.5 Å². The molecule has 26 heavy (non-hydrogen) atoms. The average molecular weight is 378 g/mol. The Balaban J connectivity index is 2.08. The Hall–Kier alpha value is -2.09. The Bertz CT molecular complexity index is 815. The van der Waals surface area contributed by atoms with E-state index in [1.54, 1.807) is 30.3 Å². The summed E-state index contributed by atoms with van der Waals surface area (Å²) < 4.78 is 16.4. The zero-order valence-electron chi connectivity index (χ0n) is 14.2. The largest absolute Gasteiger partial charge is 0.426 e. The zero-order valence-corrected chi connectivity index (χ0v) is 15.1. The lowest BCUT2D eigenvalue weighted by Gasteiger charge is -2.27. The van der Waals surface area contributed by atoms with Gasteiger partial charge in [0.25, 0.3) is 11.8 Å². The highest BCUT2D eigenvalue weighted by molar-refractivity contribution is 7.42. The van der Waals surface area contributed by atoms with Crippen LogP contribution in [0.1, 0.15) is 27.6 Å². The van der Waals surface area contributed by atoms with Gasteiger partial charge in [-0.1, -0.05) is 12.1 Å². The summed E-state index contributed by atoms with van der Waals surface area (Å²) in [5, 5.41) is 10.3. The Kier molecular flexibility index (Phi) is 5.80. The van der Waals surface area contributed by atoms with Gasteiger partial charge in [0.15, 0.2) is 0 Å². The van der Waals surface area contributed by atoms with Crippen molar-refractivity contribution in [3.63, 3.8) is 0 Å². The van der Waals surface area contributed by atoms with Gasteiger partial charge in [0.05, 0.1) is 19.8 Å². The van der Waals surface area contributed by atoms with Crippen LogP contribution in [0.2, 0.25) is 0 Å². The molecule has 1 aliphatic heterocycles. The SMILES string of the molecule is CCOP(OCN)Oc1ccc2c3c(cccc13)C(=O)N(CCO)C2=O. The minimum Gasteiger partial charge on any atom is -0.426 e. The molecule has 138 valence electrons. The third kappa shape index (κ3) is 3.30. The molecular weight excluding hydrogens is 359 g/mol. The highest BCUT2D eigenvalue weighted by Gasteiger charge is 2.33. The van der Waals surface area contributed by atoms with Gasteiger partial charge in [-0.25, -0.2) is 0 Å². The number of amides is 2. The van der Waals surface area contributed by atoms with Crippen molar-refractivity contribution in [1.29, 1.82) is 0 Å². The monoisotopic (exact) mass is 378 g/mol. The first-order valence-electron chi connectivity index (χ1n) is 8.09. The van der Waals surface area contributed by atoms with Crippen LogP contribution in [0.4, 0.5) is 0 Å². The van der Waals surface area contributed by atoms with Crippen LogP contribution in [0.15, 0.2) is 30.3 Å². The molecule has 0 saturated carbocycles. The van der Waals surface area contributed by atoms with E-state index in [1.165, 1.54) is 0 Å². The molecule has 2 amide bonds. The number of benzene rings is 2. The maximum Gasteiger partial charge on any atom is 0.398 e. The second-order valence-corrected chi connectivity index (χ2v) is 6.50. The van der Waals surface area contributed by atoms with Gasteiger partial charge in [-0.2, -0.15) is 0 Å². The molecule has 0 fully saturated rings. The van der Waals surface area contributed by atoms with E-state index >= 15 is 0 Å². The van der Waals surface area contributed by atoms with E-state index in [9.17, 15) is 9.59 Å². The molecule has 3 N–H and O–H groups in total. The summed E-state index contributed by atoms with van der Waals surface area (Å²) in [7, 11) is -1.69. The number of hydrogen-bond donors (Lipinski definition) is 2. The molecule has 0 aromatic heterocycles. The molecule has 0 aliphatic carbocycles. The summed E-state index contributed by atoms with van der Waals surface area (Å²) in [5.41, 5.74) is 6.18. The molecule has 0 radical (unpaired) electrons. The Labute approximate surface area is 151 Å². The Morgan fingerprint density at radius 2 is 1.85 bits per heavy atom. The number of carbonyl (C=O) groups is 2. The molecule has 1 aliphatic rings. The van der Waals surface area contributed by atoms with Crippen LogP contribution < -0.4 is 10.3 Å². The van der Waals surface area contributed by atoms with E-state index in [0.29, 0.717) is 34.3 Å². The molecule has 2 aromatic rings. The zero-order chi connectivity index (χ0) is 18.7. The van der Waals surface area contributed by atoms with E-state index < -0.39 is 20.4 Å². The fourth-order valence-corrected chi connectivity index (χ4v) is 3.67. The van der Waals surface area contributed by atoms with Crippen molar-refractivity contribution in [3.8, 4) is 5.75 Å². The first-order chi connectivity index (χ1) is 12.6. The lowest BCUT2D eigenvalue weighted by molar-refractivity contribution is 0.0580. The number of β-amino-alcohol motifs (C(OH)–C–C–N with tert-alkyl or cyclic N) is 1.